The van der Waals surface area contributed by atoms with Gasteiger partial charge in [-0.05, 0) is 22.6 Å². The van der Waals surface area contributed by atoms with Gasteiger partial charge < -0.3 is 0 Å². The highest BCUT2D eigenvalue weighted by molar-refractivity contribution is 5.76. The number of hydrogen-bond donors (Lipinski definition) is 0. The van der Waals surface area contributed by atoms with Gasteiger partial charge in [-0.1, -0.05) is 12.1 Å². The van der Waals surface area contributed by atoms with Gasteiger partial charge in [0.05, 0.1) is 5.69 Å². The first-order valence-corrected chi connectivity index (χ1v) is 3.93. The van der Waals surface area contributed by atoms with Gasteiger partial charge in [0.15, 0.2) is 0 Å². The van der Waals surface area contributed by atoms with Crippen LogP contribution in [-0.4, -0.2) is 20.1 Å². The predicted molar refractivity (Wildman–Crippen MR) is 54.6 cm³/mol. The normalized spacial score (nSPS) is 10.1. The first-order chi connectivity index (χ1) is 6.77. The Kier molecular flexibility index (Phi) is 3.49. The molecule has 0 N–H and O–H groups in total. The fraction of sp³-hybridized carbons (Fsp3) is 0.111. The maximum absolute atomic E-state index is 10.5. The third-order valence-corrected chi connectivity index (χ3v) is 1.62. The van der Waals surface area contributed by atoms with Gasteiger partial charge in [-0.3, -0.25) is 4.79 Å². The van der Waals surface area contributed by atoms with Crippen LogP contribution < -0.4 is 5.01 Å². The molecule has 0 aliphatic rings. The van der Waals surface area contributed by atoms with E-state index in [1.54, 1.807) is 25.2 Å². The molecule has 1 aromatic rings. The highest BCUT2D eigenvalue weighted by Gasteiger charge is 1.99. The van der Waals surface area contributed by atoms with Gasteiger partial charge in [0.25, 0.3) is 0 Å². The summed E-state index contributed by atoms with van der Waals surface area (Å²) in [6, 6.07) is 7.00. The first-order valence-electron chi connectivity index (χ1n) is 3.93. The number of hydrogen-bond acceptors (Lipinski definition) is 3. The second-order valence-electron chi connectivity index (χ2n) is 2.56. The number of carbonyl (C=O) groups excluding carboxylic acids is 1. The minimum Gasteiger partial charge on any atom is -0.298 e. The maximum atomic E-state index is 10.5. The molecular formula is C9H10N4O. The van der Waals surface area contributed by atoms with E-state index < -0.39 is 0 Å². The van der Waals surface area contributed by atoms with E-state index in [0.717, 1.165) is 12.0 Å². The van der Waals surface area contributed by atoms with Gasteiger partial charge in [0, 0.05) is 19.3 Å². The smallest absolute Gasteiger partial charge is 0.150 e. The summed E-state index contributed by atoms with van der Waals surface area (Å²) in [5, 5.41) is 11.8. The van der Waals surface area contributed by atoms with Gasteiger partial charge in [0.2, 0.25) is 0 Å². The van der Waals surface area contributed by atoms with Crippen molar-refractivity contribution in [2.45, 2.75) is 0 Å². The third-order valence-electron chi connectivity index (χ3n) is 1.62. The minimum absolute atomic E-state index is 0.594. The van der Waals surface area contributed by atoms with Crippen molar-refractivity contribution in [3.05, 3.63) is 29.8 Å². The molecule has 1 rings (SSSR count). The van der Waals surface area contributed by atoms with E-state index in [4.69, 9.17) is 0 Å². The number of anilines is 1. The summed E-state index contributed by atoms with van der Waals surface area (Å²) in [5.74, 6) is 0. The van der Waals surface area contributed by atoms with Gasteiger partial charge in [0.1, 0.15) is 6.29 Å². The van der Waals surface area contributed by atoms with Crippen LogP contribution in [0.1, 0.15) is 10.4 Å². The quantitative estimate of drug-likeness (QED) is 0.315. The molecule has 0 radical (unpaired) electrons. The Morgan fingerprint density at radius 1 is 1.50 bits per heavy atom. The lowest BCUT2D eigenvalue weighted by Crippen LogP contribution is -2.07. The van der Waals surface area contributed by atoms with Gasteiger partial charge in [-0.25, -0.2) is 5.01 Å². The Bertz CT molecular complexity index is 362. The van der Waals surface area contributed by atoms with Crippen molar-refractivity contribution in [1.82, 2.24) is 0 Å². The highest BCUT2D eigenvalue weighted by Crippen LogP contribution is 2.13. The maximum Gasteiger partial charge on any atom is 0.150 e. The summed E-state index contributed by atoms with van der Waals surface area (Å²) in [6.07, 6.45) is 0.778. The lowest BCUT2D eigenvalue weighted by molar-refractivity contribution is 0.112. The van der Waals surface area contributed by atoms with Crippen molar-refractivity contribution in [2.24, 2.45) is 15.5 Å². The van der Waals surface area contributed by atoms with Crippen LogP contribution in [0.3, 0.4) is 0 Å². The monoisotopic (exact) mass is 190 g/mol. The van der Waals surface area contributed by atoms with Gasteiger partial charge in [-0.15, -0.1) is 5.10 Å². The molecule has 5 heteroatoms. The van der Waals surface area contributed by atoms with Gasteiger partial charge in [-0.2, -0.15) is 0 Å². The summed E-state index contributed by atoms with van der Waals surface area (Å²) in [6.45, 7) is 3.17. The predicted octanol–water partition coefficient (Wildman–Crippen LogP) is 1.92. The zero-order valence-electron chi connectivity index (χ0n) is 7.79. The van der Waals surface area contributed by atoms with Crippen LogP contribution in [0.4, 0.5) is 5.69 Å². The number of aldehydes is 1. The molecule has 0 fully saturated rings. The van der Waals surface area contributed by atoms with Crippen LogP contribution in [-0.2, 0) is 0 Å². The van der Waals surface area contributed by atoms with Crippen LogP contribution in [0.15, 0.2) is 39.8 Å². The van der Waals surface area contributed by atoms with Crippen molar-refractivity contribution < 1.29 is 4.79 Å². The Morgan fingerprint density at radius 3 is 2.93 bits per heavy atom. The van der Waals surface area contributed by atoms with E-state index in [-0.39, 0.29) is 0 Å². The van der Waals surface area contributed by atoms with Crippen molar-refractivity contribution in [2.75, 3.05) is 12.1 Å². The number of benzene rings is 1. The minimum atomic E-state index is 0.594. The van der Waals surface area contributed by atoms with E-state index in [2.05, 4.69) is 22.3 Å². The molecule has 0 amide bonds. The largest absolute Gasteiger partial charge is 0.298 e. The van der Waals surface area contributed by atoms with Crippen molar-refractivity contribution >= 4 is 18.7 Å². The van der Waals surface area contributed by atoms with Gasteiger partial charge >= 0.3 is 0 Å². The van der Waals surface area contributed by atoms with E-state index in [9.17, 15) is 4.79 Å². The second kappa shape index (κ2) is 4.86. The topological polar surface area (TPSA) is 57.4 Å². The molecule has 0 saturated heterocycles. The average Bonchev–Trinajstić information content (AvgIpc) is 2.26. The highest BCUT2D eigenvalue weighted by atomic mass is 16.1. The van der Waals surface area contributed by atoms with Crippen LogP contribution in [0.5, 0.6) is 0 Å². The molecule has 0 bridgehead atoms. The summed E-state index contributed by atoms with van der Waals surface area (Å²) in [4.78, 5) is 10.5. The Labute approximate surface area is 81.7 Å². The standard InChI is InChI=1S/C9H10N4O/c1-10-11-12-13(2)9-5-3-4-8(6-9)7-14/h3-7H,1H2,2H3/b12-11-. The van der Waals surface area contributed by atoms with E-state index in [1.165, 1.54) is 5.01 Å². The molecule has 0 spiro atoms. The molecule has 0 aliphatic heterocycles. The SMILES string of the molecule is C=N/N=N\N(C)c1cccc(C=O)c1. The first kappa shape index (κ1) is 10.0. The molecule has 1 aromatic carbocycles. The summed E-state index contributed by atoms with van der Waals surface area (Å²) >= 11 is 0. The molecule has 0 atom stereocenters. The fourth-order valence-electron chi connectivity index (χ4n) is 0.939. The molecule has 0 unspecified atom stereocenters. The third kappa shape index (κ3) is 2.48. The summed E-state index contributed by atoms with van der Waals surface area (Å²) in [5.41, 5.74) is 1.36. The summed E-state index contributed by atoms with van der Waals surface area (Å²) < 4.78 is 0. The second-order valence-corrected chi connectivity index (χ2v) is 2.56. The van der Waals surface area contributed by atoms with Crippen LogP contribution in [0.2, 0.25) is 0 Å². The number of carbonyl (C=O) groups is 1. The molecule has 0 heterocycles. The lowest BCUT2D eigenvalue weighted by Gasteiger charge is -2.10. The molecule has 0 aromatic heterocycles. The number of nitrogens with zero attached hydrogens (tertiary/aromatic N) is 4. The molecule has 14 heavy (non-hydrogen) atoms. The van der Waals surface area contributed by atoms with Crippen LogP contribution >= 0.6 is 0 Å². The molecular weight excluding hydrogens is 180 g/mol. The Morgan fingerprint density at radius 2 is 2.29 bits per heavy atom. The van der Waals surface area contributed by atoms with E-state index in [1.807, 2.05) is 6.07 Å². The van der Waals surface area contributed by atoms with Crippen molar-refractivity contribution in [1.29, 1.82) is 0 Å². The van der Waals surface area contributed by atoms with Crippen molar-refractivity contribution in [3.63, 3.8) is 0 Å². The molecule has 72 valence electrons. The summed E-state index contributed by atoms with van der Waals surface area (Å²) in [7, 11) is 1.71. The van der Waals surface area contributed by atoms with Crippen LogP contribution in [0.25, 0.3) is 0 Å². The number of rotatable bonds is 4. The van der Waals surface area contributed by atoms with Crippen molar-refractivity contribution in [3.8, 4) is 0 Å². The van der Waals surface area contributed by atoms with E-state index in [0.29, 0.717) is 5.56 Å². The fourth-order valence-corrected chi connectivity index (χ4v) is 0.939. The molecule has 0 aliphatic carbocycles. The zero-order valence-corrected chi connectivity index (χ0v) is 7.79. The van der Waals surface area contributed by atoms with E-state index >= 15 is 0 Å². The zero-order chi connectivity index (χ0) is 10.4. The molecule has 0 saturated carbocycles. The Hall–Kier alpha value is -2.04. The average molecular weight is 190 g/mol. The Balaban J connectivity index is 2.88. The molecule has 5 nitrogen and oxygen atoms in total. The lowest BCUT2D eigenvalue weighted by atomic mass is 10.2. The van der Waals surface area contributed by atoms with Crippen LogP contribution in [0, 0.1) is 0 Å².